The molecule has 1 aromatic heterocycles. The number of likely N-dealkylation sites (tertiary alicyclic amines) is 2. The number of carboxylic acid groups (broad SMARTS) is 1. The van der Waals surface area contributed by atoms with Crippen LogP contribution in [0.3, 0.4) is 0 Å². The maximum absolute atomic E-state index is 12.4. The van der Waals surface area contributed by atoms with E-state index < -0.39 is 12.1 Å². The van der Waals surface area contributed by atoms with Gasteiger partial charge in [-0.25, -0.2) is 4.79 Å². The molecule has 11 heteroatoms. The molecule has 0 unspecified atom stereocenters. The van der Waals surface area contributed by atoms with Crippen LogP contribution in [0.4, 0.5) is 13.2 Å². The van der Waals surface area contributed by atoms with Crippen molar-refractivity contribution < 1.29 is 37.1 Å². The minimum atomic E-state index is -5.08. The van der Waals surface area contributed by atoms with Crippen LogP contribution in [0.1, 0.15) is 30.8 Å². The van der Waals surface area contributed by atoms with Crippen LogP contribution in [0.2, 0.25) is 0 Å². The van der Waals surface area contributed by atoms with Crippen molar-refractivity contribution in [3.63, 3.8) is 0 Å². The van der Waals surface area contributed by atoms with Gasteiger partial charge in [0, 0.05) is 32.2 Å². The maximum atomic E-state index is 12.4. The minimum absolute atomic E-state index is 0.0559. The van der Waals surface area contributed by atoms with Gasteiger partial charge in [-0.1, -0.05) is 0 Å². The fraction of sp³-hybridized carbons (Fsp3) is 0.611. The molecule has 0 aromatic carbocycles. The van der Waals surface area contributed by atoms with Gasteiger partial charge in [0.05, 0.1) is 12.3 Å². The van der Waals surface area contributed by atoms with Gasteiger partial charge >= 0.3 is 12.1 Å². The highest BCUT2D eigenvalue weighted by Gasteiger charge is 2.50. The summed E-state index contributed by atoms with van der Waals surface area (Å²) in [6.45, 7) is 5.57. The zero-order chi connectivity index (χ0) is 21.9. The quantitative estimate of drug-likeness (QED) is 0.771. The molecule has 0 radical (unpaired) electrons. The lowest BCUT2D eigenvalue weighted by Gasteiger charge is -2.32. The molecule has 2 fully saturated rings. The molecule has 0 bridgehead atoms. The molecule has 3 heterocycles. The van der Waals surface area contributed by atoms with Crippen LogP contribution in [0.5, 0.6) is 0 Å². The summed E-state index contributed by atoms with van der Waals surface area (Å²) in [6, 6.07) is 3.87. The molecule has 162 valence electrons. The number of nitrogens with one attached hydrogen (secondary N) is 1. The fourth-order valence-electron chi connectivity index (χ4n) is 3.94. The Kier molecular flexibility index (Phi) is 6.93. The summed E-state index contributed by atoms with van der Waals surface area (Å²) >= 11 is 0. The van der Waals surface area contributed by atoms with Crippen LogP contribution >= 0.6 is 0 Å². The molecule has 2 aliphatic rings. The van der Waals surface area contributed by atoms with Gasteiger partial charge in [-0.2, -0.15) is 13.2 Å². The van der Waals surface area contributed by atoms with Gasteiger partial charge in [0.15, 0.2) is 5.76 Å². The Balaban J connectivity index is 0.000000370. The van der Waals surface area contributed by atoms with Gasteiger partial charge in [-0.05, 0) is 38.3 Å². The summed E-state index contributed by atoms with van der Waals surface area (Å²) in [5.41, 5.74) is 0. The number of aliphatic carboxylic acids is 1. The predicted octanol–water partition coefficient (Wildman–Crippen LogP) is 1.58. The molecule has 1 aromatic rings. The average molecular weight is 419 g/mol. The minimum Gasteiger partial charge on any atom is -0.475 e. The van der Waals surface area contributed by atoms with E-state index in [9.17, 15) is 22.8 Å². The third kappa shape index (κ3) is 5.08. The Hall–Kier alpha value is -2.56. The van der Waals surface area contributed by atoms with Crippen molar-refractivity contribution in [3.8, 4) is 0 Å². The largest absolute Gasteiger partial charge is 0.490 e. The third-order valence-electron chi connectivity index (χ3n) is 5.08. The standard InChI is InChI=1S/C16H23N3O3.C2HF3O2/c1-10(2)19-12(15(20)17-3)7-11-8-18(9-13(11)19)16(21)14-5-4-6-22-14;3-2(4,5)1(6)7/h4-6,10-13H,7-9H2,1-3H3,(H,17,20);(H,6,7)/t11-,12-,13+;/m0./s1. The number of fused-ring (bicyclic) bond motifs is 1. The number of amides is 2. The van der Waals surface area contributed by atoms with Crippen molar-refractivity contribution in [3.05, 3.63) is 24.2 Å². The molecule has 2 amide bonds. The number of carbonyl (C=O) groups excluding carboxylic acids is 2. The van der Waals surface area contributed by atoms with E-state index in [1.165, 1.54) is 6.26 Å². The van der Waals surface area contributed by atoms with E-state index in [0.29, 0.717) is 24.8 Å². The predicted molar refractivity (Wildman–Crippen MR) is 95.0 cm³/mol. The maximum Gasteiger partial charge on any atom is 0.490 e. The van der Waals surface area contributed by atoms with E-state index in [1.807, 2.05) is 4.90 Å². The summed E-state index contributed by atoms with van der Waals surface area (Å²) in [6.07, 6.45) is -2.75. The average Bonchev–Trinajstić information content (AvgIpc) is 3.34. The second-order valence-corrected chi connectivity index (χ2v) is 7.22. The van der Waals surface area contributed by atoms with E-state index >= 15 is 0 Å². The van der Waals surface area contributed by atoms with Gasteiger partial charge < -0.3 is 19.7 Å². The van der Waals surface area contributed by atoms with Crippen LogP contribution in [0.15, 0.2) is 22.8 Å². The lowest BCUT2D eigenvalue weighted by molar-refractivity contribution is -0.192. The lowest BCUT2D eigenvalue weighted by Crippen LogP contribution is -2.50. The zero-order valence-electron chi connectivity index (χ0n) is 16.3. The Morgan fingerprint density at radius 3 is 2.34 bits per heavy atom. The van der Waals surface area contributed by atoms with Crippen molar-refractivity contribution in [2.75, 3.05) is 20.1 Å². The van der Waals surface area contributed by atoms with Gasteiger partial charge in [-0.3, -0.25) is 14.5 Å². The van der Waals surface area contributed by atoms with Crippen LogP contribution in [-0.4, -0.2) is 77.1 Å². The smallest absolute Gasteiger partial charge is 0.475 e. The number of furan rings is 1. The normalized spacial score (nSPS) is 24.1. The second kappa shape index (κ2) is 8.85. The van der Waals surface area contributed by atoms with Gasteiger partial charge in [0.1, 0.15) is 0 Å². The molecule has 0 saturated carbocycles. The number of hydrogen-bond donors (Lipinski definition) is 2. The van der Waals surface area contributed by atoms with Crippen LogP contribution in [0, 0.1) is 5.92 Å². The number of carboxylic acids is 1. The first kappa shape index (κ1) is 22.7. The SMILES string of the molecule is CNC(=O)[C@@H]1C[C@H]2CN(C(=O)c3ccco3)C[C@H]2N1C(C)C.O=C(O)C(F)(F)F. The monoisotopic (exact) mass is 419 g/mol. The molecular weight excluding hydrogens is 395 g/mol. The highest BCUT2D eigenvalue weighted by molar-refractivity contribution is 5.91. The van der Waals surface area contributed by atoms with Crippen molar-refractivity contribution in [2.45, 2.75) is 44.6 Å². The van der Waals surface area contributed by atoms with Gasteiger partial charge in [0.25, 0.3) is 5.91 Å². The number of hydrogen-bond acceptors (Lipinski definition) is 5. The second-order valence-electron chi connectivity index (χ2n) is 7.22. The molecule has 3 atom stereocenters. The molecule has 2 aliphatic heterocycles. The van der Waals surface area contributed by atoms with E-state index in [-0.39, 0.29) is 29.9 Å². The van der Waals surface area contributed by atoms with E-state index in [2.05, 4.69) is 24.1 Å². The number of likely N-dealkylation sites (N-methyl/N-ethyl adjacent to an activating group) is 1. The summed E-state index contributed by atoms with van der Waals surface area (Å²) in [5, 5.41) is 9.89. The Bertz CT molecular complexity index is 736. The topological polar surface area (TPSA) is 103 Å². The molecule has 29 heavy (non-hydrogen) atoms. The number of rotatable bonds is 3. The highest BCUT2D eigenvalue weighted by Crippen LogP contribution is 2.37. The zero-order valence-corrected chi connectivity index (χ0v) is 16.3. The summed E-state index contributed by atoms with van der Waals surface area (Å²) in [4.78, 5) is 37.5. The third-order valence-corrected chi connectivity index (χ3v) is 5.08. The molecule has 0 aliphatic carbocycles. The van der Waals surface area contributed by atoms with Gasteiger partial charge in [-0.15, -0.1) is 0 Å². The van der Waals surface area contributed by atoms with E-state index in [0.717, 1.165) is 6.42 Å². The number of alkyl halides is 3. The molecule has 0 spiro atoms. The Labute approximate surface area is 165 Å². The van der Waals surface area contributed by atoms with E-state index in [4.69, 9.17) is 14.3 Å². The first-order valence-corrected chi connectivity index (χ1v) is 9.09. The van der Waals surface area contributed by atoms with Crippen molar-refractivity contribution >= 4 is 17.8 Å². The summed E-state index contributed by atoms with van der Waals surface area (Å²) in [5.74, 6) is -2.00. The molecule has 8 nitrogen and oxygen atoms in total. The number of nitrogens with zero attached hydrogens (tertiary/aromatic N) is 2. The lowest BCUT2D eigenvalue weighted by atomic mass is 10.0. The van der Waals surface area contributed by atoms with Gasteiger partial charge in [0.2, 0.25) is 5.91 Å². The first-order chi connectivity index (χ1) is 13.5. The molecule has 3 rings (SSSR count). The summed E-state index contributed by atoms with van der Waals surface area (Å²) in [7, 11) is 1.68. The van der Waals surface area contributed by atoms with Crippen molar-refractivity contribution in [1.82, 2.24) is 15.1 Å². The first-order valence-electron chi connectivity index (χ1n) is 9.09. The van der Waals surface area contributed by atoms with Crippen LogP contribution < -0.4 is 5.32 Å². The number of halogens is 3. The highest BCUT2D eigenvalue weighted by atomic mass is 19.4. The Morgan fingerprint density at radius 2 is 1.90 bits per heavy atom. The van der Waals surface area contributed by atoms with Crippen molar-refractivity contribution in [1.29, 1.82) is 0 Å². The van der Waals surface area contributed by atoms with E-state index in [1.54, 1.807) is 19.2 Å². The number of carbonyl (C=O) groups is 3. The van der Waals surface area contributed by atoms with Crippen LogP contribution in [-0.2, 0) is 9.59 Å². The van der Waals surface area contributed by atoms with Crippen molar-refractivity contribution in [2.24, 2.45) is 5.92 Å². The molecular formula is C18H24F3N3O5. The fourth-order valence-corrected chi connectivity index (χ4v) is 3.94. The summed E-state index contributed by atoms with van der Waals surface area (Å²) < 4.78 is 36.9. The van der Waals surface area contributed by atoms with Crippen LogP contribution in [0.25, 0.3) is 0 Å². The Morgan fingerprint density at radius 1 is 1.28 bits per heavy atom. The molecule has 2 N–H and O–H groups in total. The molecule has 2 saturated heterocycles.